The molecule has 0 amide bonds. The van der Waals surface area contributed by atoms with Crippen LogP contribution < -0.4 is 14.7 Å². The topological polar surface area (TPSA) is 35.5 Å². The van der Waals surface area contributed by atoms with Crippen LogP contribution >= 0.6 is 0 Å². The summed E-state index contributed by atoms with van der Waals surface area (Å²) in [5.74, 6) is 0. The zero-order valence-corrected chi connectivity index (χ0v) is 60.7. The van der Waals surface area contributed by atoms with E-state index in [-0.39, 0.29) is 35.0 Å². The number of hydrogen-bond donors (Lipinski definition) is 0. The normalized spacial score (nSPS) is 10.4. The molecule has 0 saturated heterocycles. The quantitative estimate of drug-likeness (QED) is 0.0849. The van der Waals surface area contributed by atoms with E-state index in [0.29, 0.717) is 0 Å². The van der Waals surface area contributed by atoms with E-state index < -0.39 is 0 Å². The Hall–Kier alpha value is -13.4. The second kappa shape index (κ2) is 35.9. The molecule has 5 nitrogen and oxygen atoms in total. The second-order valence-corrected chi connectivity index (χ2v) is 25.3. The van der Waals surface area contributed by atoms with Crippen molar-refractivity contribution in [1.82, 2.24) is 9.97 Å². The van der Waals surface area contributed by atoms with E-state index in [1.165, 1.54) is 54.9 Å². The Morgan fingerprint density at radius 1 is 0.250 bits per heavy atom. The van der Waals surface area contributed by atoms with E-state index in [2.05, 4.69) is 378 Å². The summed E-state index contributed by atoms with van der Waals surface area (Å²) in [6.07, 6.45) is 7.31. The van der Waals surface area contributed by atoms with Gasteiger partial charge in [-0.15, -0.1) is 71.3 Å². The predicted molar refractivity (Wildman–Crippen MR) is 458 cm³/mol. The summed E-state index contributed by atoms with van der Waals surface area (Å²) >= 11 is 0. The summed E-state index contributed by atoms with van der Waals surface area (Å²) in [4.78, 5) is 15.6. The van der Waals surface area contributed by atoms with Crippen molar-refractivity contribution in [3.63, 3.8) is 0 Å². The van der Waals surface area contributed by atoms with Gasteiger partial charge in [0.15, 0.2) is 0 Å². The third-order valence-corrected chi connectivity index (χ3v) is 18.7. The molecule has 0 atom stereocenters. The van der Waals surface area contributed by atoms with Crippen LogP contribution in [-0.4, -0.2) is 9.97 Å². The van der Waals surface area contributed by atoms with Crippen LogP contribution in [0, 0.1) is 12.1 Å². The van der Waals surface area contributed by atoms with Crippen LogP contribution in [0.5, 0.6) is 0 Å². The molecule has 0 spiro atoms. The van der Waals surface area contributed by atoms with Gasteiger partial charge >= 0.3 is 0 Å². The van der Waals surface area contributed by atoms with Crippen LogP contribution in [0.1, 0.15) is 26.0 Å². The van der Waals surface area contributed by atoms with E-state index in [1.807, 2.05) is 85.1 Å². The molecule has 0 aliphatic carbocycles. The third kappa shape index (κ3) is 17.2. The summed E-state index contributed by atoms with van der Waals surface area (Å²) in [6, 6.07) is 145. The molecule has 0 bridgehead atoms. The van der Waals surface area contributed by atoms with Crippen LogP contribution in [0.2, 0.25) is 0 Å². The number of nitrogens with zero attached hydrogens (tertiary/aromatic N) is 5. The molecule has 2 heterocycles. The van der Waals surface area contributed by atoms with Gasteiger partial charge in [-0.2, -0.15) is 0 Å². The number of pyridine rings is 2. The zero-order chi connectivity index (χ0) is 70.9. The maximum atomic E-state index is 4.46. The average Bonchev–Trinajstić information content (AvgIpc) is 0.796. The summed E-state index contributed by atoms with van der Waals surface area (Å²) in [5, 5.41) is 5.03. The Bertz CT molecular complexity index is 5380. The van der Waals surface area contributed by atoms with Crippen molar-refractivity contribution in [2.45, 2.75) is 14.9 Å². The van der Waals surface area contributed by atoms with Crippen molar-refractivity contribution in [2.75, 3.05) is 14.7 Å². The average molecular weight is 1570 g/mol. The fraction of sp³-hybridized carbons (Fsp3) is 0.0196. The Morgan fingerprint density at radius 2 is 0.565 bits per heavy atom. The Morgan fingerprint density at radius 3 is 0.935 bits per heavy atom. The van der Waals surface area contributed by atoms with E-state index in [4.69, 9.17) is 0 Å². The zero-order valence-electron chi connectivity index (χ0n) is 58.3. The molecule has 0 saturated carbocycles. The number of hydrogen-bond acceptors (Lipinski definition) is 5. The standard InChI is InChI=1S/C56H40N2.C33H25N2.C11H8N.2CH4.Ir/c1-3-17-47(18-4-1)57(51-37-29-45(30-38-51)55-23-11-15-43-13-7-9-21-53(43)55)49-33-25-41(26-34-49)42-27-35-50(36-28-42)58(48-19-5-2-6-20-48)52-39-31-46(32-40-52)56-24-12-16-44-14-8-10-22-54(44)56;1-3-25-11-17-30(18-12-25)35(31-19-13-26(4-2)14-20-31)32-21-15-27(16-22-32)28-8-7-9-29(24-28)33-10-5-6-23-34-33;1-2-6-10(7-3-1)11-8-4-5-9-12-11;;;/h1-40H;3-8,10-24H,1-2H2;1-6,8-9H;2*1H4;/q;2*-1;;;. The van der Waals surface area contributed by atoms with Gasteiger partial charge in [0, 0.05) is 83.7 Å². The molecule has 0 unspecified atom stereocenters. The van der Waals surface area contributed by atoms with Crippen molar-refractivity contribution >= 4 is 84.9 Å². The number of benzene rings is 15. The smallest absolute Gasteiger partial charge is 0.0462 e. The molecule has 2 aromatic heterocycles. The van der Waals surface area contributed by atoms with Crippen molar-refractivity contribution < 1.29 is 20.1 Å². The fourth-order valence-electron chi connectivity index (χ4n) is 13.3. The molecule has 6 heteroatoms. The summed E-state index contributed by atoms with van der Waals surface area (Å²) < 4.78 is 0. The molecule has 108 heavy (non-hydrogen) atoms. The van der Waals surface area contributed by atoms with Crippen molar-refractivity contribution in [3.05, 3.63) is 443 Å². The van der Waals surface area contributed by atoms with Gasteiger partial charge in [-0.1, -0.05) is 271 Å². The predicted octanol–water partition coefficient (Wildman–Crippen LogP) is 28.7. The summed E-state index contributed by atoms with van der Waals surface area (Å²) in [7, 11) is 0. The maximum absolute atomic E-state index is 4.46. The number of para-hydroxylation sites is 2. The monoisotopic (exact) mass is 1570 g/mol. The summed E-state index contributed by atoms with van der Waals surface area (Å²) in [6.45, 7) is 7.75. The maximum Gasteiger partial charge on any atom is 0.0462 e. The van der Waals surface area contributed by atoms with E-state index in [9.17, 15) is 0 Å². The largest absolute Gasteiger partial charge is 0.311 e. The molecular formula is C102H81IrN5-2. The van der Waals surface area contributed by atoms with Crippen LogP contribution in [0.15, 0.2) is 420 Å². The molecule has 0 fully saturated rings. The van der Waals surface area contributed by atoms with Crippen LogP contribution in [0.25, 0.3) is 101 Å². The Balaban J connectivity index is 0.000000184. The van der Waals surface area contributed by atoms with Gasteiger partial charge in [-0.3, -0.25) is 0 Å². The minimum absolute atomic E-state index is 0. The summed E-state index contributed by atoms with van der Waals surface area (Å²) in [5.41, 5.74) is 25.5. The number of rotatable bonds is 17. The van der Waals surface area contributed by atoms with Crippen molar-refractivity contribution in [2.24, 2.45) is 0 Å². The molecule has 1 radical (unpaired) electrons. The van der Waals surface area contributed by atoms with E-state index in [0.717, 1.165) is 96.0 Å². The van der Waals surface area contributed by atoms with Gasteiger partial charge in [-0.05, 0) is 204 Å². The van der Waals surface area contributed by atoms with Gasteiger partial charge in [0.1, 0.15) is 0 Å². The van der Waals surface area contributed by atoms with Gasteiger partial charge < -0.3 is 24.7 Å². The fourth-order valence-corrected chi connectivity index (χ4v) is 13.3. The second-order valence-electron chi connectivity index (χ2n) is 25.3. The number of anilines is 9. The Kier molecular flexibility index (Phi) is 24.7. The first kappa shape index (κ1) is 74.4. The molecule has 15 aromatic carbocycles. The third-order valence-electron chi connectivity index (χ3n) is 18.7. The number of fused-ring (bicyclic) bond motifs is 2. The molecule has 0 aliphatic rings. The minimum Gasteiger partial charge on any atom is -0.311 e. The SMILES string of the molecule is C.C.C=Cc1ccc(N(c2ccc(C=C)cc2)c2ccc(-c3cc[c-]c(-c4ccccn4)c3)cc2)cc1.[Ir].[c-]1ccccc1-c1ccccn1.c1ccc(N(c2ccc(-c3ccc(N(c4ccccc4)c4ccc(-c5cccc6ccccc56)cc4)cc3)cc2)c2ccc(-c3cccc4ccccc34)cc2)cc1. The van der Waals surface area contributed by atoms with Gasteiger partial charge in [0.25, 0.3) is 0 Å². The van der Waals surface area contributed by atoms with Gasteiger partial charge in [0.2, 0.25) is 0 Å². The first-order valence-corrected chi connectivity index (χ1v) is 35.2. The molecule has 0 N–H and O–H groups in total. The first-order chi connectivity index (χ1) is 52.0. The molecule has 17 aromatic rings. The first-order valence-electron chi connectivity index (χ1n) is 35.2. The number of aromatic nitrogens is 2. The van der Waals surface area contributed by atoms with Crippen molar-refractivity contribution in [3.8, 4) is 67.0 Å². The van der Waals surface area contributed by atoms with Crippen LogP contribution in [-0.2, 0) is 20.1 Å². The van der Waals surface area contributed by atoms with E-state index in [1.54, 1.807) is 6.20 Å². The molecule has 0 aliphatic heterocycles. The van der Waals surface area contributed by atoms with Crippen LogP contribution in [0.4, 0.5) is 51.2 Å². The van der Waals surface area contributed by atoms with E-state index >= 15 is 0 Å². The molecule has 525 valence electrons. The van der Waals surface area contributed by atoms with Gasteiger partial charge in [0.05, 0.1) is 0 Å². The molecular weight excluding hydrogens is 1490 g/mol. The van der Waals surface area contributed by atoms with Gasteiger partial charge in [-0.25, -0.2) is 0 Å². The van der Waals surface area contributed by atoms with Crippen LogP contribution in [0.3, 0.4) is 0 Å². The van der Waals surface area contributed by atoms with Crippen molar-refractivity contribution in [1.29, 1.82) is 0 Å². The Labute approximate surface area is 650 Å². The molecule has 17 rings (SSSR count). The minimum atomic E-state index is 0.